The number of rotatable bonds is 8. The van der Waals surface area contributed by atoms with Gasteiger partial charge in [0.2, 0.25) is 0 Å². The Morgan fingerprint density at radius 2 is 1.04 bits per heavy atom. The van der Waals surface area contributed by atoms with Crippen molar-refractivity contribution in [2.75, 3.05) is 0 Å². The highest BCUT2D eigenvalue weighted by molar-refractivity contribution is 5.81. The van der Waals surface area contributed by atoms with Crippen molar-refractivity contribution in [3.05, 3.63) is 0 Å². The highest BCUT2D eigenvalue weighted by Gasteiger charge is 2.14. The van der Waals surface area contributed by atoms with Crippen LogP contribution in [0.5, 0.6) is 0 Å². The van der Waals surface area contributed by atoms with Gasteiger partial charge in [0.15, 0.2) is 0 Å². The molecule has 0 bridgehead atoms. The van der Waals surface area contributed by atoms with Crippen LogP contribution in [0.15, 0.2) is 20.2 Å². The molecule has 2 aliphatic carbocycles. The maximum Gasteiger partial charge on any atom is 0.0962 e. The van der Waals surface area contributed by atoms with Crippen LogP contribution in [0, 0.1) is 0 Å². The first-order valence-electron chi connectivity index (χ1n) is 10.6. The van der Waals surface area contributed by atoms with Crippen molar-refractivity contribution in [3.8, 4) is 0 Å². The predicted molar refractivity (Wildman–Crippen MR) is 110 cm³/mol. The fourth-order valence-corrected chi connectivity index (χ4v) is 3.91. The summed E-state index contributed by atoms with van der Waals surface area (Å²) in [4.78, 5) is 9.34. The molecule has 0 heterocycles. The smallest absolute Gasteiger partial charge is 0.0962 e. The Kier molecular flexibility index (Phi) is 9.06. The van der Waals surface area contributed by atoms with Crippen LogP contribution in [0.3, 0.4) is 0 Å². The van der Waals surface area contributed by atoms with Crippen LogP contribution in [0.25, 0.3) is 0 Å². The van der Waals surface area contributed by atoms with Gasteiger partial charge in [-0.2, -0.15) is 10.2 Å². The van der Waals surface area contributed by atoms with Gasteiger partial charge >= 0.3 is 0 Å². The number of nitrogens with two attached hydrogens (primary N) is 2. The Balaban J connectivity index is 1.72. The molecule has 4 N–H and O–H groups in total. The van der Waals surface area contributed by atoms with E-state index in [9.17, 15) is 0 Å². The van der Waals surface area contributed by atoms with Crippen LogP contribution in [0.2, 0.25) is 0 Å². The normalized spacial score (nSPS) is 24.1. The maximum absolute atomic E-state index is 6.11. The molecule has 2 aliphatic rings. The third-order valence-electron chi connectivity index (χ3n) is 5.32. The minimum atomic E-state index is 0.0568. The van der Waals surface area contributed by atoms with Gasteiger partial charge in [0.05, 0.1) is 35.8 Å². The lowest BCUT2D eigenvalue weighted by Gasteiger charge is -2.19. The summed E-state index contributed by atoms with van der Waals surface area (Å²) in [6.07, 6.45) is 13.8. The molecule has 0 saturated heterocycles. The van der Waals surface area contributed by atoms with Crippen molar-refractivity contribution in [2.45, 2.75) is 115 Å². The molecule has 148 valence electrons. The molecule has 2 atom stereocenters. The summed E-state index contributed by atoms with van der Waals surface area (Å²) >= 11 is 0. The lowest BCUT2D eigenvalue weighted by Crippen LogP contribution is -2.23. The summed E-state index contributed by atoms with van der Waals surface area (Å²) < 4.78 is 0. The zero-order chi connectivity index (χ0) is 18.8. The minimum absolute atomic E-state index is 0.0568. The number of aliphatic imine (C=N–C) groups is 2. The van der Waals surface area contributed by atoms with E-state index in [1.807, 2.05) is 13.8 Å². The Bertz CT molecular complexity index is 443. The summed E-state index contributed by atoms with van der Waals surface area (Å²) in [6.45, 7) is 4.08. The van der Waals surface area contributed by atoms with E-state index in [1.165, 1.54) is 64.2 Å². The van der Waals surface area contributed by atoms with Gasteiger partial charge in [-0.15, -0.1) is 0 Å². The van der Waals surface area contributed by atoms with Crippen LogP contribution in [-0.2, 0) is 0 Å². The molecule has 0 radical (unpaired) electrons. The number of azo groups is 1. The molecule has 2 rings (SSSR count). The molecule has 6 heteroatoms. The van der Waals surface area contributed by atoms with Gasteiger partial charge in [-0.1, -0.05) is 38.5 Å². The van der Waals surface area contributed by atoms with Gasteiger partial charge in [-0.05, 0) is 39.5 Å². The summed E-state index contributed by atoms with van der Waals surface area (Å²) in [5, 5.41) is 8.82. The average molecular weight is 363 g/mol. The van der Waals surface area contributed by atoms with Crippen molar-refractivity contribution in [1.82, 2.24) is 0 Å². The molecule has 6 nitrogen and oxygen atoms in total. The van der Waals surface area contributed by atoms with E-state index >= 15 is 0 Å². The molecule has 2 unspecified atom stereocenters. The first-order chi connectivity index (χ1) is 12.5. The summed E-state index contributed by atoms with van der Waals surface area (Å²) in [5.41, 5.74) is 12.2. The zero-order valence-electron chi connectivity index (χ0n) is 16.7. The Morgan fingerprint density at radius 3 is 1.38 bits per heavy atom. The van der Waals surface area contributed by atoms with Crippen molar-refractivity contribution >= 4 is 11.7 Å². The Labute approximate surface area is 159 Å². The molecule has 0 spiro atoms. The largest absolute Gasteiger partial charge is 0.387 e. The van der Waals surface area contributed by atoms with Crippen LogP contribution >= 0.6 is 0 Å². The van der Waals surface area contributed by atoms with Gasteiger partial charge < -0.3 is 11.5 Å². The lowest BCUT2D eigenvalue weighted by atomic mass is 9.96. The fourth-order valence-electron chi connectivity index (χ4n) is 3.91. The average Bonchev–Trinajstić information content (AvgIpc) is 2.61. The number of hydrogen-bond acceptors (Lipinski definition) is 4. The quantitative estimate of drug-likeness (QED) is 0.380. The second-order valence-corrected chi connectivity index (χ2v) is 8.16. The summed E-state index contributed by atoms with van der Waals surface area (Å²) in [6, 6.07) is 0.952. The van der Waals surface area contributed by atoms with Crippen LogP contribution in [0.4, 0.5) is 0 Å². The molecule has 0 amide bonds. The van der Waals surface area contributed by atoms with Crippen molar-refractivity contribution in [2.24, 2.45) is 31.7 Å². The van der Waals surface area contributed by atoms with Crippen LogP contribution in [-0.4, -0.2) is 35.8 Å². The standard InChI is InChI=1S/C20H38N6/c1-15(13-19(21)23-17-9-5-3-6-10-17)25-26-16(2)14-20(22)24-18-11-7-4-8-12-18/h15-18H,3-14H2,1-2H3,(H2,21,23)(H2,22,24). The van der Waals surface area contributed by atoms with E-state index in [4.69, 9.17) is 11.5 Å². The highest BCUT2D eigenvalue weighted by Crippen LogP contribution is 2.21. The van der Waals surface area contributed by atoms with E-state index in [0.717, 1.165) is 11.7 Å². The highest BCUT2D eigenvalue weighted by atomic mass is 15.1. The van der Waals surface area contributed by atoms with Gasteiger partial charge in [0, 0.05) is 12.8 Å². The SMILES string of the molecule is CC(CC(N)=NC1CCCCC1)N=NC(C)CC(N)=NC1CCCCC1. The molecule has 0 aliphatic heterocycles. The summed E-state index contributed by atoms with van der Waals surface area (Å²) in [5.74, 6) is 1.43. The maximum atomic E-state index is 6.11. The predicted octanol–water partition coefficient (Wildman–Crippen LogP) is 4.38. The van der Waals surface area contributed by atoms with Gasteiger partial charge in [0.1, 0.15) is 0 Å². The van der Waals surface area contributed by atoms with E-state index in [0.29, 0.717) is 24.9 Å². The molecule has 26 heavy (non-hydrogen) atoms. The monoisotopic (exact) mass is 362 g/mol. The first-order valence-corrected chi connectivity index (χ1v) is 10.6. The first kappa shape index (κ1) is 20.8. The molecule has 0 aromatic carbocycles. The number of amidine groups is 2. The molecule has 0 aromatic heterocycles. The summed E-state index contributed by atoms with van der Waals surface area (Å²) in [7, 11) is 0. The zero-order valence-corrected chi connectivity index (χ0v) is 16.7. The van der Waals surface area contributed by atoms with E-state index in [1.54, 1.807) is 0 Å². The van der Waals surface area contributed by atoms with E-state index < -0.39 is 0 Å². The third kappa shape index (κ3) is 8.28. The van der Waals surface area contributed by atoms with E-state index in [2.05, 4.69) is 20.2 Å². The topological polar surface area (TPSA) is 101 Å². The van der Waals surface area contributed by atoms with Crippen molar-refractivity contribution < 1.29 is 0 Å². The van der Waals surface area contributed by atoms with Crippen LogP contribution < -0.4 is 11.5 Å². The Hall–Kier alpha value is -1.46. The minimum Gasteiger partial charge on any atom is -0.387 e. The second-order valence-electron chi connectivity index (χ2n) is 8.16. The molecular weight excluding hydrogens is 324 g/mol. The van der Waals surface area contributed by atoms with Gasteiger partial charge in [-0.3, -0.25) is 9.98 Å². The molecular formula is C20H38N6. The van der Waals surface area contributed by atoms with Crippen molar-refractivity contribution in [1.29, 1.82) is 0 Å². The number of nitrogens with zero attached hydrogens (tertiary/aromatic N) is 4. The van der Waals surface area contributed by atoms with E-state index in [-0.39, 0.29) is 12.1 Å². The van der Waals surface area contributed by atoms with Gasteiger partial charge in [-0.25, -0.2) is 0 Å². The number of hydrogen-bond donors (Lipinski definition) is 2. The van der Waals surface area contributed by atoms with Crippen LogP contribution in [0.1, 0.15) is 90.9 Å². The lowest BCUT2D eigenvalue weighted by molar-refractivity contribution is 0.442. The molecule has 2 saturated carbocycles. The van der Waals surface area contributed by atoms with Gasteiger partial charge in [0.25, 0.3) is 0 Å². The third-order valence-corrected chi connectivity index (χ3v) is 5.32. The second kappa shape index (κ2) is 11.3. The molecule has 0 aromatic rings. The van der Waals surface area contributed by atoms with Crippen molar-refractivity contribution in [3.63, 3.8) is 0 Å². The Morgan fingerprint density at radius 1 is 0.692 bits per heavy atom. The molecule has 2 fully saturated rings. The fraction of sp³-hybridized carbons (Fsp3) is 0.900.